The van der Waals surface area contributed by atoms with Gasteiger partial charge in [-0.25, -0.2) is 4.39 Å². The number of aliphatic hydroxyl groups excluding tert-OH is 1. The van der Waals surface area contributed by atoms with Gasteiger partial charge in [0.2, 0.25) is 11.8 Å². The van der Waals surface area contributed by atoms with Crippen LogP contribution in [-0.2, 0) is 14.4 Å². The van der Waals surface area contributed by atoms with Crippen LogP contribution < -0.4 is 5.32 Å². The minimum atomic E-state index is -1.34. The van der Waals surface area contributed by atoms with Crippen molar-refractivity contribution in [2.75, 3.05) is 13.1 Å². The van der Waals surface area contributed by atoms with Gasteiger partial charge in [-0.2, -0.15) is 0 Å². The van der Waals surface area contributed by atoms with Crippen LogP contribution in [0.4, 0.5) is 4.39 Å². The van der Waals surface area contributed by atoms with E-state index in [1.54, 1.807) is 0 Å². The van der Waals surface area contributed by atoms with Gasteiger partial charge in [0.15, 0.2) is 6.10 Å². The molecule has 0 bridgehead atoms. The molecule has 6 nitrogen and oxygen atoms in total. The topological polar surface area (TPSA) is 86.7 Å². The third kappa shape index (κ3) is 3.31. The van der Waals surface area contributed by atoms with E-state index in [1.165, 1.54) is 29.2 Å². The summed E-state index contributed by atoms with van der Waals surface area (Å²) in [5, 5.41) is 12.5. The van der Waals surface area contributed by atoms with E-state index in [9.17, 15) is 23.9 Å². The molecule has 1 aromatic rings. The van der Waals surface area contributed by atoms with Crippen LogP contribution in [0.15, 0.2) is 24.3 Å². The molecule has 2 heterocycles. The van der Waals surface area contributed by atoms with Crippen molar-refractivity contribution in [1.29, 1.82) is 0 Å². The summed E-state index contributed by atoms with van der Waals surface area (Å²) in [6, 6.07) is 5.16. The van der Waals surface area contributed by atoms with E-state index in [1.807, 2.05) is 0 Å². The fraction of sp³-hybridized carbons (Fsp3) is 0.471. The standard InChI is InChI=1S/C17H19FN2O4/c18-12-3-1-11(2-4-12)15(23)16(24)20-7-5-17(6-8-20)9-13(21)19-14(22)10-17/h1-4,15,23H,5-10H2,(H,19,21,22)/t15-/m0/s1. The summed E-state index contributed by atoms with van der Waals surface area (Å²) in [5.41, 5.74) is -0.0364. The highest BCUT2D eigenvalue weighted by Gasteiger charge is 2.43. The Morgan fingerprint density at radius 3 is 2.21 bits per heavy atom. The van der Waals surface area contributed by atoms with Crippen LogP contribution in [0.1, 0.15) is 37.4 Å². The van der Waals surface area contributed by atoms with Crippen molar-refractivity contribution >= 4 is 17.7 Å². The van der Waals surface area contributed by atoms with Crippen LogP contribution in [0.3, 0.4) is 0 Å². The Hall–Kier alpha value is -2.28. The molecule has 3 rings (SSSR count). The quantitative estimate of drug-likeness (QED) is 0.787. The first-order valence-corrected chi connectivity index (χ1v) is 7.94. The van der Waals surface area contributed by atoms with Crippen LogP contribution in [0.2, 0.25) is 0 Å². The second-order valence-corrected chi connectivity index (χ2v) is 6.60. The minimum absolute atomic E-state index is 0.266. The second kappa shape index (κ2) is 6.32. The molecule has 2 N–H and O–H groups in total. The molecule has 0 radical (unpaired) electrons. The van der Waals surface area contributed by atoms with E-state index in [0.29, 0.717) is 44.3 Å². The number of rotatable bonds is 2. The van der Waals surface area contributed by atoms with Gasteiger partial charge in [0.05, 0.1) is 0 Å². The molecule has 0 saturated carbocycles. The molecule has 2 fully saturated rings. The molecule has 1 atom stereocenters. The van der Waals surface area contributed by atoms with Crippen LogP contribution in [0.25, 0.3) is 0 Å². The highest BCUT2D eigenvalue weighted by molar-refractivity contribution is 5.98. The van der Waals surface area contributed by atoms with Gasteiger partial charge >= 0.3 is 0 Å². The van der Waals surface area contributed by atoms with Crippen molar-refractivity contribution in [3.63, 3.8) is 0 Å². The number of hydrogen-bond donors (Lipinski definition) is 2. The number of carbonyl (C=O) groups excluding carboxylic acids is 3. The normalized spacial score (nSPS) is 21.5. The smallest absolute Gasteiger partial charge is 0.256 e. The van der Waals surface area contributed by atoms with Crippen LogP contribution in [0.5, 0.6) is 0 Å². The maximum Gasteiger partial charge on any atom is 0.256 e. The Morgan fingerprint density at radius 1 is 1.12 bits per heavy atom. The molecule has 2 saturated heterocycles. The Labute approximate surface area is 138 Å². The molecule has 1 aromatic carbocycles. The predicted octanol–water partition coefficient (Wildman–Crippen LogP) is 0.905. The lowest BCUT2D eigenvalue weighted by Crippen LogP contribution is -2.51. The predicted molar refractivity (Wildman–Crippen MR) is 82.0 cm³/mol. The first-order chi connectivity index (χ1) is 11.4. The second-order valence-electron chi connectivity index (χ2n) is 6.60. The number of nitrogens with zero attached hydrogens (tertiary/aromatic N) is 1. The molecule has 2 aliphatic rings. The van der Waals surface area contributed by atoms with E-state index >= 15 is 0 Å². The van der Waals surface area contributed by atoms with E-state index in [0.717, 1.165) is 0 Å². The van der Waals surface area contributed by atoms with E-state index < -0.39 is 17.8 Å². The largest absolute Gasteiger partial charge is 0.378 e. The summed E-state index contributed by atoms with van der Waals surface area (Å²) in [4.78, 5) is 37.2. The maximum atomic E-state index is 12.9. The van der Waals surface area contributed by atoms with Gasteiger partial charge in [0.25, 0.3) is 5.91 Å². The SMILES string of the molecule is O=C1CC2(CCN(C(=O)[C@@H](O)c3ccc(F)cc3)CC2)CC(=O)N1. The maximum absolute atomic E-state index is 12.9. The summed E-state index contributed by atoms with van der Waals surface area (Å²) in [7, 11) is 0. The zero-order valence-corrected chi connectivity index (χ0v) is 13.1. The highest BCUT2D eigenvalue weighted by Crippen LogP contribution is 2.40. The summed E-state index contributed by atoms with van der Waals surface area (Å²) in [6.07, 6.45) is 0.348. The number of likely N-dealkylation sites (tertiary alicyclic amines) is 1. The van der Waals surface area contributed by atoms with Gasteiger partial charge in [-0.3, -0.25) is 19.7 Å². The zero-order valence-electron chi connectivity index (χ0n) is 13.1. The van der Waals surface area contributed by atoms with E-state index in [-0.39, 0.29) is 17.2 Å². The Bertz CT molecular complexity index is 648. The molecule has 0 unspecified atom stereocenters. The minimum Gasteiger partial charge on any atom is -0.378 e. The van der Waals surface area contributed by atoms with Crippen molar-refractivity contribution in [2.24, 2.45) is 5.41 Å². The van der Waals surface area contributed by atoms with E-state index in [4.69, 9.17) is 0 Å². The van der Waals surface area contributed by atoms with Crippen LogP contribution in [-0.4, -0.2) is 40.8 Å². The molecular weight excluding hydrogens is 315 g/mol. The van der Waals surface area contributed by atoms with Gasteiger partial charge < -0.3 is 10.0 Å². The molecule has 0 aliphatic carbocycles. The Balaban J connectivity index is 1.63. The average molecular weight is 334 g/mol. The monoisotopic (exact) mass is 334 g/mol. The summed E-state index contributed by atoms with van der Waals surface area (Å²) < 4.78 is 12.9. The van der Waals surface area contributed by atoms with Crippen molar-refractivity contribution < 1.29 is 23.9 Å². The third-order valence-corrected chi connectivity index (χ3v) is 4.91. The van der Waals surface area contributed by atoms with Crippen LogP contribution in [0, 0.1) is 11.2 Å². The first kappa shape index (κ1) is 16.6. The molecule has 0 aromatic heterocycles. The number of halogens is 1. The lowest BCUT2D eigenvalue weighted by molar-refractivity contribution is -0.145. The fourth-order valence-electron chi connectivity index (χ4n) is 3.50. The summed E-state index contributed by atoms with van der Waals surface area (Å²) >= 11 is 0. The van der Waals surface area contributed by atoms with Crippen molar-refractivity contribution in [2.45, 2.75) is 31.8 Å². The molecular formula is C17H19FN2O4. The molecule has 1 spiro atoms. The molecule has 24 heavy (non-hydrogen) atoms. The highest BCUT2D eigenvalue weighted by atomic mass is 19.1. The summed E-state index contributed by atoms with van der Waals surface area (Å²) in [5.74, 6) is -1.41. The lowest BCUT2D eigenvalue weighted by atomic mass is 9.71. The number of benzene rings is 1. The summed E-state index contributed by atoms with van der Waals surface area (Å²) in [6.45, 7) is 0.773. The van der Waals surface area contributed by atoms with Gasteiger partial charge in [-0.05, 0) is 36.0 Å². The van der Waals surface area contributed by atoms with Gasteiger partial charge in [-0.1, -0.05) is 12.1 Å². The average Bonchev–Trinajstić information content (AvgIpc) is 2.54. The van der Waals surface area contributed by atoms with Gasteiger partial charge in [-0.15, -0.1) is 0 Å². The number of hydrogen-bond acceptors (Lipinski definition) is 4. The lowest BCUT2D eigenvalue weighted by Gasteiger charge is -2.43. The number of piperidine rings is 2. The van der Waals surface area contributed by atoms with Crippen molar-refractivity contribution in [1.82, 2.24) is 10.2 Å². The van der Waals surface area contributed by atoms with Crippen molar-refractivity contribution in [3.8, 4) is 0 Å². The molecule has 3 amide bonds. The molecule has 7 heteroatoms. The van der Waals surface area contributed by atoms with Crippen LogP contribution >= 0.6 is 0 Å². The number of aliphatic hydroxyl groups is 1. The molecule has 2 aliphatic heterocycles. The number of amides is 3. The number of imide groups is 1. The Morgan fingerprint density at radius 2 is 1.67 bits per heavy atom. The third-order valence-electron chi connectivity index (χ3n) is 4.91. The first-order valence-electron chi connectivity index (χ1n) is 7.94. The van der Waals surface area contributed by atoms with E-state index in [2.05, 4.69) is 5.32 Å². The number of nitrogens with one attached hydrogen (secondary N) is 1. The van der Waals surface area contributed by atoms with Gasteiger partial charge in [0, 0.05) is 25.9 Å². The fourth-order valence-corrected chi connectivity index (χ4v) is 3.50. The van der Waals surface area contributed by atoms with Gasteiger partial charge in [0.1, 0.15) is 5.82 Å². The molecule has 128 valence electrons. The van der Waals surface area contributed by atoms with Crippen molar-refractivity contribution in [3.05, 3.63) is 35.6 Å². The zero-order chi connectivity index (χ0) is 17.3. The Kier molecular flexibility index (Phi) is 4.36. The number of carbonyl (C=O) groups is 3.